The van der Waals surface area contributed by atoms with Crippen molar-refractivity contribution < 1.29 is 4.74 Å². The topological polar surface area (TPSA) is 47.0 Å². The van der Waals surface area contributed by atoms with E-state index in [-0.39, 0.29) is 0 Å². The minimum absolute atomic E-state index is 0.460. The minimum atomic E-state index is 0.460. The van der Waals surface area contributed by atoms with Crippen LogP contribution < -0.4 is 10.1 Å². The standard InChI is InChI=1S/C14H16ClN3O/c1-2-6-16-8-12-9-18-14(10-17-12)19-13-5-3-4-11(15)7-13/h3-5,7,9-10,16H,2,6,8H2,1H3. The molecule has 4 nitrogen and oxygen atoms in total. The molecule has 0 atom stereocenters. The number of aromatic nitrogens is 2. The van der Waals surface area contributed by atoms with Crippen molar-refractivity contribution >= 4 is 11.6 Å². The molecule has 2 aromatic rings. The van der Waals surface area contributed by atoms with Gasteiger partial charge in [-0.2, -0.15) is 0 Å². The number of nitrogens with one attached hydrogen (secondary N) is 1. The van der Waals surface area contributed by atoms with Gasteiger partial charge in [0.25, 0.3) is 0 Å². The van der Waals surface area contributed by atoms with Crippen molar-refractivity contribution in [2.24, 2.45) is 0 Å². The maximum absolute atomic E-state index is 5.88. The van der Waals surface area contributed by atoms with Crippen LogP contribution in [0.5, 0.6) is 11.6 Å². The van der Waals surface area contributed by atoms with Crippen LogP contribution in [0.1, 0.15) is 19.0 Å². The van der Waals surface area contributed by atoms with Gasteiger partial charge in [-0.1, -0.05) is 24.6 Å². The molecule has 0 amide bonds. The third-order valence-corrected chi connectivity index (χ3v) is 2.67. The molecule has 100 valence electrons. The second-order valence-electron chi connectivity index (χ2n) is 4.08. The lowest BCUT2D eigenvalue weighted by molar-refractivity contribution is 0.458. The summed E-state index contributed by atoms with van der Waals surface area (Å²) in [6.45, 7) is 3.82. The Labute approximate surface area is 117 Å². The molecule has 0 spiro atoms. The van der Waals surface area contributed by atoms with E-state index in [4.69, 9.17) is 16.3 Å². The van der Waals surface area contributed by atoms with Crippen LogP contribution in [0.3, 0.4) is 0 Å². The summed E-state index contributed by atoms with van der Waals surface area (Å²) >= 11 is 5.88. The predicted molar refractivity (Wildman–Crippen MR) is 75.6 cm³/mol. The van der Waals surface area contributed by atoms with E-state index in [1.54, 1.807) is 24.5 Å². The number of benzene rings is 1. The van der Waals surface area contributed by atoms with Gasteiger partial charge in [-0.15, -0.1) is 0 Å². The van der Waals surface area contributed by atoms with Gasteiger partial charge >= 0.3 is 0 Å². The zero-order valence-electron chi connectivity index (χ0n) is 10.8. The van der Waals surface area contributed by atoms with E-state index in [9.17, 15) is 0 Å². The Morgan fingerprint density at radius 3 is 2.84 bits per heavy atom. The van der Waals surface area contributed by atoms with Crippen molar-refractivity contribution in [2.45, 2.75) is 19.9 Å². The summed E-state index contributed by atoms with van der Waals surface area (Å²) in [5, 5.41) is 3.90. The highest BCUT2D eigenvalue weighted by Gasteiger charge is 2.01. The van der Waals surface area contributed by atoms with Gasteiger partial charge < -0.3 is 10.1 Å². The maximum Gasteiger partial charge on any atom is 0.237 e. The summed E-state index contributed by atoms with van der Waals surface area (Å²) in [6, 6.07) is 7.18. The first-order valence-electron chi connectivity index (χ1n) is 6.23. The molecule has 5 heteroatoms. The van der Waals surface area contributed by atoms with Crippen molar-refractivity contribution in [3.8, 4) is 11.6 Å². The summed E-state index contributed by atoms with van der Waals surface area (Å²) in [6.07, 6.45) is 4.43. The van der Waals surface area contributed by atoms with Crippen LogP contribution >= 0.6 is 11.6 Å². The summed E-state index contributed by atoms with van der Waals surface area (Å²) in [5.41, 5.74) is 0.895. The zero-order chi connectivity index (χ0) is 13.5. The molecule has 0 aliphatic carbocycles. The van der Waals surface area contributed by atoms with Crippen LogP contribution in [-0.2, 0) is 6.54 Å². The van der Waals surface area contributed by atoms with Gasteiger partial charge in [0.1, 0.15) is 5.75 Å². The number of hydrogen-bond acceptors (Lipinski definition) is 4. The Morgan fingerprint density at radius 1 is 1.26 bits per heavy atom. The van der Waals surface area contributed by atoms with Gasteiger partial charge in [0, 0.05) is 11.6 Å². The van der Waals surface area contributed by atoms with Crippen molar-refractivity contribution in [3.05, 3.63) is 47.4 Å². The van der Waals surface area contributed by atoms with E-state index in [1.807, 2.05) is 12.1 Å². The van der Waals surface area contributed by atoms with Crippen LogP contribution in [0.15, 0.2) is 36.7 Å². The minimum Gasteiger partial charge on any atom is -0.437 e. The predicted octanol–water partition coefficient (Wildman–Crippen LogP) is 3.42. The van der Waals surface area contributed by atoms with E-state index < -0.39 is 0 Å². The Bertz CT molecular complexity index is 516. The third-order valence-electron chi connectivity index (χ3n) is 2.43. The quantitative estimate of drug-likeness (QED) is 0.822. The average Bonchev–Trinajstić information content (AvgIpc) is 2.41. The molecule has 1 aromatic carbocycles. The van der Waals surface area contributed by atoms with Gasteiger partial charge in [-0.25, -0.2) is 4.98 Å². The first-order chi connectivity index (χ1) is 9.28. The van der Waals surface area contributed by atoms with Crippen molar-refractivity contribution in [1.82, 2.24) is 15.3 Å². The fourth-order valence-corrected chi connectivity index (χ4v) is 1.71. The van der Waals surface area contributed by atoms with Gasteiger partial charge in [0.05, 0.1) is 18.1 Å². The molecule has 19 heavy (non-hydrogen) atoms. The van der Waals surface area contributed by atoms with Crippen LogP contribution in [-0.4, -0.2) is 16.5 Å². The van der Waals surface area contributed by atoms with Crippen molar-refractivity contribution in [2.75, 3.05) is 6.54 Å². The zero-order valence-corrected chi connectivity index (χ0v) is 11.5. The fourth-order valence-electron chi connectivity index (χ4n) is 1.53. The van der Waals surface area contributed by atoms with E-state index in [0.29, 0.717) is 16.7 Å². The molecule has 0 unspecified atom stereocenters. The highest BCUT2D eigenvalue weighted by molar-refractivity contribution is 6.30. The number of rotatable bonds is 6. The van der Waals surface area contributed by atoms with Gasteiger partial charge in [0.2, 0.25) is 5.88 Å². The number of hydrogen-bond donors (Lipinski definition) is 1. The number of nitrogens with zero attached hydrogens (tertiary/aromatic N) is 2. The van der Waals surface area contributed by atoms with Crippen molar-refractivity contribution in [1.29, 1.82) is 0 Å². The maximum atomic E-state index is 5.88. The summed E-state index contributed by atoms with van der Waals surface area (Å²) in [4.78, 5) is 8.50. The molecule has 2 rings (SSSR count). The third kappa shape index (κ3) is 4.50. The first kappa shape index (κ1) is 13.8. The van der Waals surface area contributed by atoms with Crippen molar-refractivity contribution in [3.63, 3.8) is 0 Å². The summed E-state index contributed by atoms with van der Waals surface area (Å²) < 4.78 is 5.56. The SMILES string of the molecule is CCCNCc1cnc(Oc2cccc(Cl)c2)cn1. The van der Waals surface area contributed by atoms with Gasteiger partial charge in [0.15, 0.2) is 0 Å². The molecule has 0 radical (unpaired) electrons. The monoisotopic (exact) mass is 277 g/mol. The highest BCUT2D eigenvalue weighted by atomic mass is 35.5. The summed E-state index contributed by atoms with van der Waals surface area (Å²) in [7, 11) is 0. The lowest BCUT2D eigenvalue weighted by Crippen LogP contribution is -2.14. The molecule has 0 fully saturated rings. The molecule has 0 saturated carbocycles. The molecule has 0 aliphatic rings. The summed E-state index contributed by atoms with van der Waals surface area (Å²) in [5.74, 6) is 1.11. The molecule has 1 aromatic heterocycles. The fraction of sp³-hybridized carbons (Fsp3) is 0.286. The molecule has 0 saturated heterocycles. The Morgan fingerprint density at radius 2 is 2.16 bits per heavy atom. The second kappa shape index (κ2) is 7.07. The van der Waals surface area contributed by atoms with Crippen LogP contribution in [0.2, 0.25) is 5.02 Å². The molecule has 1 N–H and O–H groups in total. The van der Waals surface area contributed by atoms with Crippen LogP contribution in [0.25, 0.3) is 0 Å². The largest absolute Gasteiger partial charge is 0.437 e. The lowest BCUT2D eigenvalue weighted by atomic mass is 10.3. The van der Waals surface area contributed by atoms with E-state index in [1.165, 1.54) is 0 Å². The first-order valence-corrected chi connectivity index (χ1v) is 6.61. The number of ether oxygens (including phenoxy) is 1. The van der Waals surface area contributed by atoms with E-state index in [2.05, 4.69) is 22.2 Å². The molecule has 0 aliphatic heterocycles. The normalized spacial score (nSPS) is 10.4. The van der Waals surface area contributed by atoms with Gasteiger partial charge in [-0.05, 0) is 31.2 Å². The molecule has 1 heterocycles. The second-order valence-corrected chi connectivity index (χ2v) is 4.52. The Balaban J connectivity index is 1.95. The van der Waals surface area contributed by atoms with E-state index in [0.717, 1.165) is 25.2 Å². The lowest BCUT2D eigenvalue weighted by Gasteiger charge is -2.06. The van der Waals surface area contributed by atoms with Crippen LogP contribution in [0.4, 0.5) is 0 Å². The molecule has 0 bridgehead atoms. The Hall–Kier alpha value is -1.65. The van der Waals surface area contributed by atoms with Gasteiger partial charge in [-0.3, -0.25) is 4.98 Å². The Kier molecular flexibility index (Phi) is 5.12. The smallest absolute Gasteiger partial charge is 0.237 e. The number of halogens is 1. The van der Waals surface area contributed by atoms with Crippen LogP contribution in [0, 0.1) is 0 Å². The molecular formula is C14H16ClN3O. The average molecular weight is 278 g/mol. The molecular weight excluding hydrogens is 262 g/mol. The van der Waals surface area contributed by atoms with E-state index >= 15 is 0 Å². The highest BCUT2D eigenvalue weighted by Crippen LogP contribution is 2.21.